The molecular formula is C20H25FN2O2S. The lowest BCUT2D eigenvalue weighted by molar-refractivity contribution is 0.190. The van der Waals surface area contributed by atoms with Gasteiger partial charge in [-0.15, -0.1) is 0 Å². The summed E-state index contributed by atoms with van der Waals surface area (Å²) in [6.45, 7) is 3.43. The smallest absolute Gasteiger partial charge is 0.214 e. The largest absolute Gasteiger partial charge is 0.300 e. The van der Waals surface area contributed by atoms with Crippen LogP contribution in [0.2, 0.25) is 0 Å². The van der Waals surface area contributed by atoms with Crippen molar-refractivity contribution >= 4 is 10.0 Å². The predicted octanol–water partition coefficient (Wildman–Crippen LogP) is 2.56. The number of halogens is 1. The van der Waals surface area contributed by atoms with Crippen LogP contribution in [0.3, 0.4) is 0 Å². The summed E-state index contributed by atoms with van der Waals surface area (Å²) in [4.78, 5) is 2.27. The fraction of sp³-hybridized carbons (Fsp3) is 0.400. The lowest BCUT2D eigenvalue weighted by Crippen LogP contribution is -2.49. The van der Waals surface area contributed by atoms with Crippen LogP contribution >= 0.6 is 0 Å². The minimum Gasteiger partial charge on any atom is -0.300 e. The van der Waals surface area contributed by atoms with Crippen LogP contribution in [-0.2, 0) is 22.9 Å². The molecule has 1 aliphatic heterocycles. The van der Waals surface area contributed by atoms with Crippen molar-refractivity contribution in [2.45, 2.75) is 12.8 Å². The highest BCUT2D eigenvalue weighted by molar-refractivity contribution is 7.89. The second-order valence-electron chi connectivity index (χ2n) is 6.67. The lowest BCUT2D eigenvalue weighted by Gasteiger charge is -2.34. The predicted molar refractivity (Wildman–Crippen MR) is 102 cm³/mol. The third-order valence-corrected chi connectivity index (χ3v) is 6.72. The molecule has 0 aromatic heterocycles. The molecule has 0 bridgehead atoms. The number of hydrogen-bond acceptors (Lipinski definition) is 3. The van der Waals surface area contributed by atoms with Gasteiger partial charge in [-0.1, -0.05) is 42.5 Å². The summed E-state index contributed by atoms with van der Waals surface area (Å²) < 4.78 is 39.6. The minimum absolute atomic E-state index is 0.159. The van der Waals surface area contributed by atoms with Crippen LogP contribution in [0.25, 0.3) is 0 Å². The van der Waals surface area contributed by atoms with Crippen molar-refractivity contribution in [2.24, 2.45) is 0 Å². The first-order valence-electron chi connectivity index (χ1n) is 9.01. The molecule has 0 amide bonds. The second-order valence-corrected chi connectivity index (χ2v) is 8.76. The van der Waals surface area contributed by atoms with Gasteiger partial charge in [0.2, 0.25) is 10.0 Å². The van der Waals surface area contributed by atoms with E-state index in [0.29, 0.717) is 19.5 Å². The highest BCUT2D eigenvalue weighted by Crippen LogP contribution is 2.12. The van der Waals surface area contributed by atoms with Gasteiger partial charge in [0.15, 0.2) is 0 Å². The summed E-state index contributed by atoms with van der Waals surface area (Å²) in [5, 5.41) is 0. The zero-order valence-corrected chi connectivity index (χ0v) is 15.7. The van der Waals surface area contributed by atoms with E-state index in [2.05, 4.69) is 4.90 Å². The van der Waals surface area contributed by atoms with Gasteiger partial charge in [-0.2, -0.15) is 4.31 Å². The van der Waals surface area contributed by atoms with Crippen LogP contribution in [-0.4, -0.2) is 56.1 Å². The van der Waals surface area contributed by atoms with Gasteiger partial charge in [-0.05, 0) is 36.1 Å². The molecule has 3 rings (SSSR count). The monoisotopic (exact) mass is 376 g/mol. The highest BCUT2D eigenvalue weighted by atomic mass is 32.2. The first-order valence-corrected chi connectivity index (χ1v) is 10.6. The maximum atomic E-state index is 12.9. The van der Waals surface area contributed by atoms with Gasteiger partial charge in [0.05, 0.1) is 5.75 Å². The molecule has 0 atom stereocenters. The quantitative estimate of drug-likeness (QED) is 0.746. The number of piperazine rings is 1. The average molecular weight is 376 g/mol. The van der Waals surface area contributed by atoms with E-state index >= 15 is 0 Å². The molecule has 1 heterocycles. The van der Waals surface area contributed by atoms with Gasteiger partial charge in [0, 0.05) is 32.7 Å². The number of benzene rings is 2. The van der Waals surface area contributed by atoms with Crippen LogP contribution in [0.5, 0.6) is 0 Å². The summed E-state index contributed by atoms with van der Waals surface area (Å²) in [5.74, 6) is -0.0601. The van der Waals surface area contributed by atoms with Crippen molar-refractivity contribution in [3.63, 3.8) is 0 Å². The number of rotatable bonds is 7. The molecule has 26 heavy (non-hydrogen) atoms. The summed E-state index contributed by atoms with van der Waals surface area (Å²) in [6, 6.07) is 16.3. The van der Waals surface area contributed by atoms with E-state index < -0.39 is 10.0 Å². The van der Waals surface area contributed by atoms with E-state index in [-0.39, 0.29) is 11.6 Å². The van der Waals surface area contributed by atoms with Crippen molar-refractivity contribution in [3.8, 4) is 0 Å². The van der Waals surface area contributed by atoms with Crippen molar-refractivity contribution in [3.05, 3.63) is 71.5 Å². The summed E-state index contributed by atoms with van der Waals surface area (Å²) in [5.41, 5.74) is 2.15. The normalized spacial score (nSPS) is 16.7. The van der Waals surface area contributed by atoms with E-state index in [9.17, 15) is 12.8 Å². The molecule has 1 aliphatic rings. The maximum Gasteiger partial charge on any atom is 0.214 e. The number of aryl methyl sites for hydroxylation is 1. The summed E-state index contributed by atoms with van der Waals surface area (Å²) in [7, 11) is -3.21. The van der Waals surface area contributed by atoms with Crippen LogP contribution in [0.15, 0.2) is 54.6 Å². The van der Waals surface area contributed by atoms with Gasteiger partial charge in [0.25, 0.3) is 0 Å². The number of hydrogen-bond donors (Lipinski definition) is 0. The molecule has 1 fully saturated rings. The lowest BCUT2D eigenvalue weighted by atomic mass is 10.1. The topological polar surface area (TPSA) is 40.6 Å². The van der Waals surface area contributed by atoms with Crippen molar-refractivity contribution in [2.75, 3.05) is 38.5 Å². The Balaban J connectivity index is 1.44. The number of nitrogens with zero attached hydrogens (tertiary/aromatic N) is 2. The highest BCUT2D eigenvalue weighted by Gasteiger charge is 2.26. The van der Waals surface area contributed by atoms with E-state index in [1.807, 2.05) is 30.3 Å². The molecule has 4 nitrogen and oxygen atoms in total. The van der Waals surface area contributed by atoms with Crippen LogP contribution in [0.4, 0.5) is 4.39 Å². The molecule has 0 saturated carbocycles. The van der Waals surface area contributed by atoms with E-state index in [0.717, 1.165) is 37.2 Å². The van der Waals surface area contributed by atoms with Crippen molar-refractivity contribution in [1.29, 1.82) is 0 Å². The zero-order valence-electron chi connectivity index (χ0n) is 14.9. The first kappa shape index (κ1) is 19.0. The Kier molecular flexibility index (Phi) is 6.40. The minimum atomic E-state index is -3.21. The Hall–Kier alpha value is -1.76. The fourth-order valence-corrected chi connectivity index (χ4v) is 4.66. The molecule has 2 aromatic rings. The van der Waals surface area contributed by atoms with Crippen LogP contribution < -0.4 is 0 Å². The van der Waals surface area contributed by atoms with Gasteiger partial charge >= 0.3 is 0 Å². The van der Waals surface area contributed by atoms with Crippen molar-refractivity contribution < 1.29 is 12.8 Å². The summed E-state index contributed by atoms with van der Waals surface area (Å²) in [6.07, 6.45) is 1.40. The Bertz CT molecular complexity index is 786. The average Bonchev–Trinajstić information content (AvgIpc) is 2.67. The third-order valence-electron chi connectivity index (χ3n) is 4.85. The maximum absolute atomic E-state index is 12.9. The van der Waals surface area contributed by atoms with E-state index in [1.54, 1.807) is 16.4 Å². The summed E-state index contributed by atoms with van der Waals surface area (Å²) >= 11 is 0. The second kappa shape index (κ2) is 8.75. The zero-order chi connectivity index (χ0) is 18.4. The first-order chi connectivity index (χ1) is 12.5. The van der Waals surface area contributed by atoms with Gasteiger partial charge < -0.3 is 4.90 Å². The molecule has 0 N–H and O–H groups in total. The van der Waals surface area contributed by atoms with Crippen molar-refractivity contribution in [1.82, 2.24) is 9.21 Å². The molecule has 0 aliphatic carbocycles. The third kappa shape index (κ3) is 5.37. The molecular weight excluding hydrogens is 351 g/mol. The van der Waals surface area contributed by atoms with Gasteiger partial charge in [-0.25, -0.2) is 12.8 Å². The molecule has 2 aromatic carbocycles. The SMILES string of the molecule is O=S(=O)(CCc1ccccc1)N1CCN(CCc2ccc(F)cc2)CC1. The Morgan fingerprint density at radius 2 is 1.42 bits per heavy atom. The fourth-order valence-electron chi connectivity index (χ4n) is 3.19. The molecule has 0 spiro atoms. The molecule has 6 heteroatoms. The molecule has 1 saturated heterocycles. The van der Waals surface area contributed by atoms with Crippen LogP contribution in [0, 0.1) is 5.82 Å². The number of sulfonamides is 1. The van der Waals surface area contributed by atoms with Gasteiger partial charge in [0.1, 0.15) is 5.82 Å². The van der Waals surface area contributed by atoms with Gasteiger partial charge in [-0.3, -0.25) is 0 Å². The molecule has 0 unspecified atom stereocenters. The standard InChI is InChI=1S/C20H25FN2O2S/c21-20-8-6-19(7-9-20)10-12-22-13-15-23(16-14-22)26(24,25)17-11-18-4-2-1-3-5-18/h1-9H,10-17H2. The van der Waals surface area contributed by atoms with E-state index in [1.165, 1.54) is 12.1 Å². The Morgan fingerprint density at radius 1 is 0.808 bits per heavy atom. The van der Waals surface area contributed by atoms with Crippen LogP contribution in [0.1, 0.15) is 11.1 Å². The Labute approximate surface area is 155 Å². The molecule has 140 valence electrons. The van der Waals surface area contributed by atoms with E-state index in [4.69, 9.17) is 0 Å². The molecule has 0 radical (unpaired) electrons. The Morgan fingerprint density at radius 3 is 2.08 bits per heavy atom.